The molecule has 0 heterocycles. The highest BCUT2D eigenvalue weighted by molar-refractivity contribution is 5.89. The molecule has 0 saturated carbocycles. The quantitative estimate of drug-likeness (QED) is 0.424. The third-order valence-electron chi connectivity index (χ3n) is 3.56. The molecule has 0 radical (unpaired) electrons. The van der Waals surface area contributed by atoms with Gasteiger partial charge in [0.05, 0.1) is 0 Å². The molecular formula is C14H12O4. The molecule has 92 valence electrons. The van der Waals surface area contributed by atoms with Gasteiger partial charge >= 0.3 is 0 Å². The number of benzene rings is 2. The van der Waals surface area contributed by atoms with Gasteiger partial charge in [-0.05, 0) is 11.1 Å². The van der Waals surface area contributed by atoms with Crippen LogP contribution in [-0.2, 0) is 0 Å². The fraction of sp³-hybridized carbons (Fsp3) is 0.143. The second kappa shape index (κ2) is 3.32. The molecule has 1 unspecified atom stereocenters. The lowest BCUT2D eigenvalue weighted by Crippen LogP contribution is -1.91. The lowest BCUT2D eigenvalue weighted by atomic mass is 9.97. The number of fused-ring (bicyclic) bond motifs is 3. The molecule has 4 nitrogen and oxygen atoms in total. The molecular weight excluding hydrogens is 232 g/mol. The van der Waals surface area contributed by atoms with Crippen molar-refractivity contribution in [2.45, 2.75) is 12.8 Å². The number of aromatic hydroxyl groups is 4. The molecule has 0 saturated heterocycles. The average molecular weight is 244 g/mol. The predicted molar refractivity (Wildman–Crippen MR) is 66.1 cm³/mol. The summed E-state index contributed by atoms with van der Waals surface area (Å²) < 4.78 is 0. The van der Waals surface area contributed by atoms with Gasteiger partial charge in [0.2, 0.25) is 11.5 Å². The van der Waals surface area contributed by atoms with E-state index in [0.29, 0.717) is 11.1 Å². The first-order chi connectivity index (χ1) is 8.54. The van der Waals surface area contributed by atoms with Crippen LogP contribution in [0.15, 0.2) is 24.3 Å². The van der Waals surface area contributed by atoms with Gasteiger partial charge in [-0.3, -0.25) is 0 Å². The maximum absolute atomic E-state index is 9.97. The van der Waals surface area contributed by atoms with Crippen molar-refractivity contribution in [1.82, 2.24) is 0 Å². The number of hydrogen-bond donors (Lipinski definition) is 4. The van der Waals surface area contributed by atoms with Crippen LogP contribution in [0.5, 0.6) is 23.0 Å². The van der Waals surface area contributed by atoms with Crippen LogP contribution < -0.4 is 0 Å². The summed E-state index contributed by atoms with van der Waals surface area (Å²) in [7, 11) is 0. The van der Waals surface area contributed by atoms with E-state index in [9.17, 15) is 20.4 Å². The van der Waals surface area contributed by atoms with E-state index >= 15 is 0 Å². The number of hydrogen-bond acceptors (Lipinski definition) is 4. The Kier molecular flexibility index (Phi) is 1.99. The van der Waals surface area contributed by atoms with E-state index < -0.39 is 17.2 Å². The first-order valence-corrected chi connectivity index (χ1v) is 5.63. The Bertz CT molecular complexity index is 661. The molecule has 18 heavy (non-hydrogen) atoms. The first kappa shape index (κ1) is 10.8. The first-order valence-electron chi connectivity index (χ1n) is 5.63. The zero-order valence-electron chi connectivity index (χ0n) is 9.68. The van der Waals surface area contributed by atoms with Gasteiger partial charge in [0.25, 0.3) is 0 Å². The Labute approximate surface area is 103 Å². The van der Waals surface area contributed by atoms with Crippen LogP contribution in [0.3, 0.4) is 0 Å². The lowest BCUT2D eigenvalue weighted by Gasteiger charge is -2.12. The number of phenolic OH excluding ortho intramolecular Hbond substituents is 4. The summed E-state index contributed by atoms with van der Waals surface area (Å²) in [5.41, 5.74) is 2.56. The van der Waals surface area contributed by atoms with Crippen molar-refractivity contribution < 1.29 is 20.4 Å². The minimum absolute atomic E-state index is 0.145. The monoisotopic (exact) mass is 244 g/mol. The molecule has 0 spiro atoms. The minimum Gasteiger partial charge on any atom is -0.504 e. The van der Waals surface area contributed by atoms with Crippen LogP contribution in [0.1, 0.15) is 24.0 Å². The Morgan fingerprint density at radius 3 is 2.17 bits per heavy atom. The highest BCUT2D eigenvalue weighted by atomic mass is 16.3. The highest BCUT2D eigenvalue weighted by Gasteiger charge is 2.34. The molecule has 1 atom stereocenters. The van der Waals surface area contributed by atoms with Gasteiger partial charge in [0.1, 0.15) is 0 Å². The SMILES string of the molecule is CC1c2ccccc2-c2c(O)c(O)c(O)c(O)c21. The Morgan fingerprint density at radius 2 is 1.44 bits per heavy atom. The Hall–Kier alpha value is -2.36. The van der Waals surface area contributed by atoms with Crippen molar-refractivity contribution >= 4 is 0 Å². The van der Waals surface area contributed by atoms with Crippen molar-refractivity contribution in [1.29, 1.82) is 0 Å². The van der Waals surface area contributed by atoms with E-state index in [0.717, 1.165) is 11.1 Å². The van der Waals surface area contributed by atoms with E-state index in [-0.39, 0.29) is 11.7 Å². The third kappa shape index (κ3) is 1.09. The van der Waals surface area contributed by atoms with Gasteiger partial charge < -0.3 is 20.4 Å². The van der Waals surface area contributed by atoms with Crippen LogP contribution >= 0.6 is 0 Å². The molecule has 0 amide bonds. The zero-order valence-corrected chi connectivity index (χ0v) is 9.68. The van der Waals surface area contributed by atoms with E-state index in [1.165, 1.54) is 0 Å². The summed E-state index contributed by atoms with van der Waals surface area (Å²) >= 11 is 0. The maximum atomic E-state index is 9.97. The smallest absolute Gasteiger partial charge is 0.204 e. The summed E-state index contributed by atoms with van der Waals surface area (Å²) in [5, 5.41) is 39.1. The van der Waals surface area contributed by atoms with Gasteiger partial charge in [-0.15, -0.1) is 0 Å². The number of phenols is 4. The summed E-state index contributed by atoms with van der Waals surface area (Å²) in [6.45, 7) is 1.88. The molecule has 4 N–H and O–H groups in total. The molecule has 0 aliphatic heterocycles. The largest absolute Gasteiger partial charge is 0.504 e. The molecule has 1 aliphatic carbocycles. The van der Waals surface area contributed by atoms with Crippen molar-refractivity contribution in [2.75, 3.05) is 0 Å². The van der Waals surface area contributed by atoms with E-state index in [1.807, 2.05) is 31.2 Å². The summed E-state index contributed by atoms with van der Waals surface area (Å²) in [4.78, 5) is 0. The molecule has 0 bridgehead atoms. The summed E-state index contributed by atoms with van der Waals surface area (Å²) in [6.07, 6.45) is 0. The van der Waals surface area contributed by atoms with Gasteiger partial charge in [0.15, 0.2) is 11.5 Å². The molecule has 0 fully saturated rings. The van der Waals surface area contributed by atoms with Crippen molar-refractivity contribution in [3.05, 3.63) is 35.4 Å². The molecule has 0 aromatic heterocycles. The molecule has 2 aromatic carbocycles. The van der Waals surface area contributed by atoms with Crippen molar-refractivity contribution in [3.63, 3.8) is 0 Å². The van der Waals surface area contributed by atoms with Crippen LogP contribution in [0, 0.1) is 0 Å². The maximum Gasteiger partial charge on any atom is 0.204 e. The predicted octanol–water partition coefficient (Wildman–Crippen LogP) is 2.64. The fourth-order valence-corrected chi connectivity index (χ4v) is 2.67. The fourth-order valence-electron chi connectivity index (χ4n) is 2.67. The Balaban J connectivity index is 2.47. The van der Waals surface area contributed by atoms with Crippen molar-refractivity contribution in [3.8, 4) is 34.1 Å². The Morgan fingerprint density at radius 1 is 0.833 bits per heavy atom. The second-order valence-corrected chi connectivity index (χ2v) is 4.49. The normalized spacial score (nSPS) is 16.4. The topological polar surface area (TPSA) is 80.9 Å². The van der Waals surface area contributed by atoms with Crippen LogP contribution in [0.4, 0.5) is 0 Å². The molecule has 4 heteroatoms. The van der Waals surface area contributed by atoms with E-state index in [4.69, 9.17) is 0 Å². The van der Waals surface area contributed by atoms with E-state index in [1.54, 1.807) is 0 Å². The average Bonchev–Trinajstić information content (AvgIpc) is 2.68. The number of rotatable bonds is 0. The van der Waals surface area contributed by atoms with E-state index in [2.05, 4.69) is 0 Å². The zero-order chi connectivity index (χ0) is 13.0. The van der Waals surface area contributed by atoms with Gasteiger partial charge in [-0.25, -0.2) is 0 Å². The van der Waals surface area contributed by atoms with Gasteiger partial charge in [-0.1, -0.05) is 31.2 Å². The standard InChI is InChI=1S/C14H12O4/c1-6-7-4-2-3-5-8(7)10-9(6)11(15)13(17)14(18)12(10)16/h2-6,15-18H,1H3. The van der Waals surface area contributed by atoms with Crippen molar-refractivity contribution in [2.24, 2.45) is 0 Å². The highest BCUT2D eigenvalue weighted by Crippen LogP contribution is 2.58. The minimum atomic E-state index is -0.685. The van der Waals surface area contributed by atoms with Gasteiger partial charge in [0, 0.05) is 17.0 Å². The lowest BCUT2D eigenvalue weighted by molar-refractivity contribution is 0.344. The van der Waals surface area contributed by atoms with Crippen LogP contribution in [0.2, 0.25) is 0 Å². The van der Waals surface area contributed by atoms with Crippen LogP contribution in [0.25, 0.3) is 11.1 Å². The van der Waals surface area contributed by atoms with Gasteiger partial charge in [-0.2, -0.15) is 0 Å². The summed E-state index contributed by atoms with van der Waals surface area (Å²) in [5.74, 6) is -2.27. The third-order valence-corrected chi connectivity index (χ3v) is 3.56. The molecule has 3 rings (SSSR count). The molecule has 2 aromatic rings. The second-order valence-electron chi connectivity index (χ2n) is 4.49. The summed E-state index contributed by atoms with van der Waals surface area (Å²) in [6, 6.07) is 7.40. The van der Waals surface area contributed by atoms with Crippen LogP contribution in [-0.4, -0.2) is 20.4 Å². The molecule has 1 aliphatic rings.